The van der Waals surface area contributed by atoms with E-state index in [0.717, 1.165) is 31.4 Å². The average molecular weight is 255 g/mol. The van der Waals surface area contributed by atoms with Crippen molar-refractivity contribution in [2.75, 3.05) is 13.1 Å². The Morgan fingerprint density at radius 2 is 2.35 bits per heavy atom. The van der Waals surface area contributed by atoms with Gasteiger partial charge >= 0.3 is 0 Å². The zero-order valence-electron chi connectivity index (χ0n) is 9.35. The number of pyridine rings is 1. The van der Waals surface area contributed by atoms with Gasteiger partial charge in [0.2, 0.25) is 0 Å². The lowest BCUT2D eigenvalue weighted by molar-refractivity contribution is 0.155. The Balaban J connectivity index is 0.00000108. The number of hydrogen-bond donors (Lipinski definition) is 2. The van der Waals surface area contributed by atoms with Crippen LogP contribution >= 0.6 is 12.4 Å². The number of aromatic amines is 1. The Kier molecular flexibility index (Phi) is 3.81. The fourth-order valence-electron chi connectivity index (χ4n) is 1.96. The van der Waals surface area contributed by atoms with Gasteiger partial charge in [0, 0.05) is 12.7 Å². The first-order valence-electron chi connectivity index (χ1n) is 5.60. The van der Waals surface area contributed by atoms with Crippen LogP contribution in [0, 0.1) is 0 Å². The molecule has 2 N–H and O–H groups in total. The molecule has 1 aliphatic heterocycles. The number of imidazole rings is 1. The van der Waals surface area contributed by atoms with Crippen molar-refractivity contribution in [2.24, 2.45) is 0 Å². The average Bonchev–Trinajstić information content (AvgIpc) is 2.72. The molecule has 1 fully saturated rings. The molecular formula is C11H15ClN4O. The summed E-state index contributed by atoms with van der Waals surface area (Å²) in [7, 11) is 0. The summed E-state index contributed by atoms with van der Waals surface area (Å²) in [6.07, 6.45) is 4.18. The molecule has 2 aromatic heterocycles. The van der Waals surface area contributed by atoms with Crippen molar-refractivity contribution in [3.05, 3.63) is 18.3 Å². The lowest BCUT2D eigenvalue weighted by Crippen LogP contribution is -2.37. The fourth-order valence-corrected chi connectivity index (χ4v) is 1.96. The van der Waals surface area contributed by atoms with Crippen molar-refractivity contribution in [1.29, 1.82) is 0 Å². The Morgan fingerprint density at radius 1 is 1.41 bits per heavy atom. The van der Waals surface area contributed by atoms with Gasteiger partial charge in [-0.3, -0.25) is 0 Å². The highest BCUT2D eigenvalue weighted by Crippen LogP contribution is 2.16. The van der Waals surface area contributed by atoms with E-state index in [2.05, 4.69) is 20.3 Å². The van der Waals surface area contributed by atoms with Crippen LogP contribution < -0.4 is 10.1 Å². The molecule has 0 saturated carbocycles. The van der Waals surface area contributed by atoms with Crippen LogP contribution in [0.3, 0.4) is 0 Å². The minimum absolute atomic E-state index is 0. The Hall–Kier alpha value is -1.33. The maximum Gasteiger partial charge on any atom is 0.296 e. The molecule has 1 saturated heterocycles. The molecule has 0 aromatic carbocycles. The van der Waals surface area contributed by atoms with Crippen LogP contribution in [0.15, 0.2) is 18.3 Å². The maximum absolute atomic E-state index is 5.77. The topological polar surface area (TPSA) is 62.8 Å². The van der Waals surface area contributed by atoms with E-state index in [-0.39, 0.29) is 18.5 Å². The molecular weight excluding hydrogens is 240 g/mol. The SMILES string of the molecule is Cl.c1cnc2nc(O[C@@H]3CCCNC3)[nH]c2c1. The van der Waals surface area contributed by atoms with Crippen LogP contribution in [0.2, 0.25) is 0 Å². The number of hydrogen-bond acceptors (Lipinski definition) is 4. The normalized spacial score (nSPS) is 19.9. The standard InChI is InChI=1S/C11H14N4O.ClH/c1-3-8(7-12-5-1)16-11-14-9-4-2-6-13-10(9)15-11;/h2,4,6,8,12H,1,3,5,7H2,(H,13,14,15);1H/t8-;/m1./s1. The van der Waals surface area contributed by atoms with Gasteiger partial charge in [-0.2, -0.15) is 4.98 Å². The molecule has 17 heavy (non-hydrogen) atoms. The molecule has 0 radical (unpaired) electrons. The predicted molar refractivity (Wildman–Crippen MR) is 67.7 cm³/mol. The largest absolute Gasteiger partial charge is 0.460 e. The second-order valence-electron chi connectivity index (χ2n) is 4.00. The molecule has 1 aliphatic rings. The molecule has 2 aromatic rings. The van der Waals surface area contributed by atoms with Crippen molar-refractivity contribution in [3.63, 3.8) is 0 Å². The van der Waals surface area contributed by atoms with Gasteiger partial charge in [0.05, 0.1) is 5.52 Å². The lowest BCUT2D eigenvalue weighted by Gasteiger charge is -2.22. The first-order chi connectivity index (χ1) is 7.92. The van der Waals surface area contributed by atoms with E-state index < -0.39 is 0 Å². The van der Waals surface area contributed by atoms with Crippen molar-refractivity contribution < 1.29 is 4.74 Å². The third-order valence-corrected chi connectivity index (χ3v) is 2.77. The second-order valence-corrected chi connectivity index (χ2v) is 4.00. The van der Waals surface area contributed by atoms with Gasteiger partial charge in [0.25, 0.3) is 6.01 Å². The number of nitrogens with one attached hydrogen (secondary N) is 2. The maximum atomic E-state index is 5.77. The van der Waals surface area contributed by atoms with Gasteiger partial charge in [-0.05, 0) is 31.5 Å². The van der Waals surface area contributed by atoms with E-state index >= 15 is 0 Å². The highest BCUT2D eigenvalue weighted by atomic mass is 35.5. The van der Waals surface area contributed by atoms with Crippen molar-refractivity contribution in [3.8, 4) is 6.01 Å². The summed E-state index contributed by atoms with van der Waals surface area (Å²) < 4.78 is 5.77. The fraction of sp³-hybridized carbons (Fsp3) is 0.455. The zero-order chi connectivity index (χ0) is 10.8. The lowest BCUT2D eigenvalue weighted by atomic mass is 10.1. The van der Waals surface area contributed by atoms with Crippen molar-refractivity contribution >= 4 is 23.6 Å². The van der Waals surface area contributed by atoms with Gasteiger partial charge in [-0.25, -0.2) is 4.98 Å². The molecule has 3 heterocycles. The molecule has 6 heteroatoms. The van der Waals surface area contributed by atoms with Crippen molar-refractivity contribution in [1.82, 2.24) is 20.3 Å². The molecule has 0 aliphatic carbocycles. The minimum atomic E-state index is 0. The number of ether oxygens (including phenoxy) is 1. The highest BCUT2D eigenvalue weighted by Gasteiger charge is 2.16. The summed E-state index contributed by atoms with van der Waals surface area (Å²) >= 11 is 0. The smallest absolute Gasteiger partial charge is 0.296 e. The summed E-state index contributed by atoms with van der Waals surface area (Å²) in [6, 6.07) is 4.40. The van der Waals surface area contributed by atoms with Gasteiger partial charge in [-0.15, -0.1) is 12.4 Å². The summed E-state index contributed by atoms with van der Waals surface area (Å²) in [4.78, 5) is 11.6. The Morgan fingerprint density at radius 3 is 3.12 bits per heavy atom. The number of nitrogens with zero attached hydrogens (tertiary/aromatic N) is 2. The summed E-state index contributed by atoms with van der Waals surface area (Å²) in [5.41, 5.74) is 1.63. The van der Waals surface area contributed by atoms with Crippen LogP contribution in [0.1, 0.15) is 12.8 Å². The number of piperidine rings is 1. The third kappa shape index (κ3) is 2.68. The predicted octanol–water partition coefficient (Wildman–Crippen LogP) is 1.51. The van der Waals surface area contributed by atoms with Gasteiger partial charge in [-0.1, -0.05) is 0 Å². The van der Waals surface area contributed by atoms with Crippen LogP contribution in [0.4, 0.5) is 0 Å². The second kappa shape index (κ2) is 5.33. The first kappa shape index (κ1) is 12.1. The van der Waals surface area contributed by atoms with E-state index in [9.17, 15) is 0 Å². The van der Waals surface area contributed by atoms with Crippen molar-refractivity contribution in [2.45, 2.75) is 18.9 Å². The summed E-state index contributed by atoms with van der Waals surface area (Å²) in [6.45, 7) is 1.98. The van der Waals surface area contributed by atoms with E-state index in [4.69, 9.17) is 4.74 Å². The molecule has 0 bridgehead atoms. The van der Waals surface area contributed by atoms with E-state index in [0.29, 0.717) is 11.7 Å². The first-order valence-corrected chi connectivity index (χ1v) is 5.60. The van der Waals surface area contributed by atoms with Crippen LogP contribution in [-0.4, -0.2) is 34.1 Å². The third-order valence-electron chi connectivity index (χ3n) is 2.77. The number of rotatable bonds is 2. The van der Waals surface area contributed by atoms with Gasteiger partial charge in [0.15, 0.2) is 5.65 Å². The Labute approximate surface area is 105 Å². The molecule has 1 atom stereocenters. The monoisotopic (exact) mass is 254 g/mol. The van der Waals surface area contributed by atoms with E-state index in [1.807, 2.05) is 12.1 Å². The molecule has 0 spiro atoms. The molecule has 5 nitrogen and oxygen atoms in total. The highest BCUT2D eigenvalue weighted by molar-refractivity contribution is 5.85. The molecule has 92 valence electrons. The minimum Gasteiger partial charge on any atom is -0.460 e. The zero-order valence-corrected chi connectivity index (χ0v) is 10.2. The number of fused-ring (bicyclic) bond motifs is 1. The van der Waals surface area contributed by atoms with Crippen LogP contribution in [-0.2, 0) is 0 Å². The summed E-state index contributed by atoms with van der Waals surface area (Å²) in [5.74, 6) is 0. The molecule has 0 unspecified atom stereocenters. The van der Waals surface area contributed by atoms with Gasteiger partial charge < -0.3 is 15.0 Å². The summed E-state index contributed by atoms with van der Waals surface area (Å²) in [5, 5.41) is 3.31. The number of aromatic nitrogens is 3. The van der Waals surface area contributed by atoms with E-state index in [1.165, 1.54) is 0 Å². The van der Waals surface area contributed by atoms with E-state index in [1.54, 1.807) is 6.20 Å². The van der Waals surface area contributed by atoms with Gasteiger partial charge in [0.1, 0.15) is 6.10 Å². The van der Waals surface area contributed by atoms with Crippen LogP contribution in [0.5, 0.6) is 6.01 Å². The van der Waals surface area contributed by atoms with Crippen LogP contribution in [0.25, 0.3) is 11.2 Å². The number of H-pyrrole nitrogens is 1. The Bertz CT molecular complexity index is 448. The molecule has 0 amide bonds. The molecule has 3 rings (SSSR count). The quantitative estimate of drug-likeness (QED) is 0.853. The number of halogens is 1.